The lowest BCUT2D eigenvalue weighted by molar-refractivity contribution is 0.629. The summed E-state index contributed by atoms with van der Waals surface area (Å²) in [6, 6.07) is 8.42. The summed E-state index contributed by atoms with van der Waals surface area (Å²) in [5, 5.41) is 0.552. The zero-order valence-corrected chi connectivity index (χ0v) is 11.2. The van der Waals surface area contributed by atoms with Gasteiger partial charge in [0.2, 0.25) is 0 Å². The number of thiophene rings is 1. The lowest BCUT2D eigenvalue weighted by atomic mass is 10.2. The van der Waals surface area contributed by atoms with E-state index in [1.807, 2.05) is 6.07 Å². The van der Waals surface area contributed by atoms with Crippen molar-refractivity contribution < 1.29 is 4.39 Å². The number of fused-ring (bicyclic) bond motifs is 1. The second-order valence-corrected chi connectivity index (χ2v) is 5.38. The number of hydrogen-bond donors (Lipinski definition) is 1. The van der Waals surface area contributed by atoms with Crippen LogP contribution in [0.25, 0.3) is 21.6 Å². The summed E-state index contributed by atoms with van der Waals surface area (Å²) in [5.74, 6) is 0.576. The summed E-state index contributed by atoms with van der Waals surface area (Å²) in [5.41, 5.74) is 6.55. The summed E-state index contributed by atoms with van der Waals surface area (Å²) >= 11 is 1.65. The quantitative estimate of drug-likeness (QED) is 0.775. The van der Waals surface area contributed by atoms with E-state index in [0.29, 0.717) is 22.5 Å². The molecule has 0 aliphatic rings. The molecule has 19 heavy (non-hydrogen) atoms. The van der Waals surface area contributed by atoms with Crippen molar-refractivity contribution in [2.45, 2.75) is 13.3 Å². The Hall–Kier alpha value is -2.01. The van der Waals surface area contributed by atoms with E-state index < -0.39 is 0 Å². The zero-order valence-electron chi connectivity index (χ0n) is 10.4. The van der Waals surface area contributed by atoms with Gasteiger partial charge >= 0.3 is 0 Å². The van der Waals surface area contributed by atoms with Gasteiger partial charge in [0.15, 0.2) is 5.82 Å². The van der Waals surface area contributed by atoms with Crippen molar-refractivity contribution in [3.63, 3.8) is 0 Å². The fraction of sp³-hybridized carbons (Fsp3) is 0.143. The number of nitrogen functional groups attached to an aromatic ring is 1. The van der Waals surface area contributed by atoms with E-state index in [4.69, 9.17) is 5.73 Å². The number of nitrogens with zero attached hydrogens (tertiary/aromatic N) is 2. The molecule has 2 heterocycles. The van der Waals surface area contributed by atoms with Crippen molar-refractivity contribution in [3.8, 4) is 10.7 Å². The standard InChI is InChI=1S/C14H12FN3S/c1-2-9-4-6-12(19-9)14-17-11-5-3-8(15)7-10(11)13(16)18-14/h3-7H,2H2,1H3,(H2,16,17,18). The lowest BCUT2D eigenvalue weighted by Gasteiger charge is -2.04. The lowest BCUT2D eigenvalue weighted by Crippen LogP contribution is -1.97. The van der Waals surface area contributed by atoms with E-state index in [1.54, 1.807) is 17.4 Å². The third-order valence-electron chi connectivity index (χ3n) is 2.92. The monoisotopic (exact) mass is 273 g/mol. The molecule has 96 valence electrons. The normalized spacial score (nSPS) is 11.1. The Balaban J connectivity index is 2.17. The van der Waals surface area contributed by atoms with Crippen LogP contribution in [-0.2, 0) is 6.42 Å². The minimum atomic E-state index is -0.333. The SMILES string of the molecule is CCc1ccc(-c2nc(N)c3cc(F)ccc3n2)s1. The van der Waals surface area contributed by atoms with Crippen LogP contribution in [0.1, 0.15) is 11.8 Å². The van der Waals surface area contributed by atoms with Crippen LogP contribution in [0.3, 0.4) is 0 Å². The Labute approximate surface area is 113 Å². The first-order valence-corrected chi connectivity index (χ1v) is 6.81. The molecule has 0 fully saturated rings. The van der Waals surface area contributed by atoms with Crippen LogP contribution in [0.4, 0.5) is 10.2 Å². The molecule has 3 rings (SSSR count). The second-order valence-electron chi connectivity index (χ2n) is 4.21. The molecule has 2 N–H and O–H groups in total. The molecule has 3 nitrogen and oxygen atoms in total. The number of benzene rings is 1. The first-order valence-electron chi connectivity index (χ1n) is 5.99. The number of hydrogen-bond acceptors (Lipinski definition) is 4. The molecule has 0 radical (unpaired) electrons. The molecular weight excluding hydrogens is 261 g/mol. The molecule has 0 unspecified atom stereocenters. The highest BCUT2D eigenvalue weighted by Crippen LogP contribution is 2.29. The summed E-state index contributed by atoms with van der Waals surface area (Å²) in [6.45, 7) is 2.11. The molecule has 0 amide bonds. The van der Waals surface area contributed by atoms with E-state index >= 15 is 0 Å². The summed E-state index contributed by atoms with van der Waals surface area (Å²) < 4.78 is 13.2. The molecular formula is C14H12FN3S. The smallest absolute Gasteiger partial charge is 0.172 e. The van der Waals surface area contributed by atoms with E-state index in [9.17, 15) is 4.39 Å². The average Bonchev–Trinajstić information content (AvgIpc) is 2.88. The summed E-state index contributed by atoms with van der Waals surface area (Å²) in [4.78, 5) is 11.0. The van der Waals surface area contributed by atoms with Gasteiger partial charge in [-0.1, -0.05) is 6.92 Å². The Morgan fingerprint density at radius 1 is 1.21 bits per heavy atom. The fourth-order valence-electron chi connectivity index (χ4n) is 1.92. The first kappa shape index (κ1) is 12.0. The molecule has 1 aromatic carbocycles. The average molecular weight is 273 g/mol. The molecule has 0 aliphatic heterocycles. The minimum Gasteiger partial charge on any atom is -0.383 e. The van der Waals surface area contributed by atoms with Gasteiger partial charge in [-0.2, -0.15) is 0 Å². The highest BCUT2D eigenvalue weighted by Gasteiger charge is 2.10. The molecule has 0 saturated heterocycles. The topological polar surface area (TPSA) is 51.8 Å². The van der Waals surface area contributed by atoms with Crippen LogP contribution in [0.5, 0.6) is 0 Å². The first-order chi connectivity index (χ1) is 9.17. The number of aromatic nitrogens is 2. The van der Waals surface area contributed by atoms with Crippen LogP contribution < -0.4 is 5.73 Å². The van der Waals surface area contributed by atoms with Gasteiger partial charge in [0.05, 0.1) is 10.4 Å². The molecule has 0 spiro atoms. The van der Waals surface area contributed by atoms with Crippen molar-refractivity contribution in [2.24, 2.45) is 0 Å². The Kier molecular flexibility index (Phi) is 2.91. The van der Waals surface area contributed by atoms with Gasteiger partial charge in [0.25, 0.3) is 0 Å². The van der Waals surface area contributed by atoms with Crippen molar-refractivity contribution in [2.75, 3.05) is 5.73 Å². The van der Waals surface area contributed by atoms with Crippen LogP contribution >= 0.6 is 11.3 Å². The summed E-state index contributed by atoms with van der Waals surface area (Å²) in [7, 11) is 0. The van der Waals surface area contributed by atoms with Gasteiger partial charge in [-0.25, -0.2) is 14.4 Å². The molecule has 0 atom stereocenters. The molecule has 0 bridgehead atoms. The fourth-order valence-corrected chi connectivity index (χ4v) is 2.80. The molecule has 2 aromatic heterocycles. The third-order valence-corrected chi connectivity index (χ3v) is 4.14. The second kappa shape index (κ2) is 4.59. The maximum absolute atomic E-state index is 13.2. The minimum absolute atomic E-state index is 0.311. The number of anilines is 1. The number of aryl methyl sites for hydroxylation is 1. The van der Waals surface area contributed by atoms with Crippen molar-refractivity contribution in [1.29, 1.82) is 0 Å². The number of halogens is 1. The maximum atomic E-state index is 13.2. The Morgan fingerprint density at radius 3 is 2.79 bits per heavy atom. The van der Waals surface area contributed by atoms with Gasteiger partial charge in [-0.05, 0) is 36.8 Å². The van der Waals surface area contributed by atoms with Gasteiger partial charge in [0, 0.05) is 10.3 Å². The van der Waals surface area contributed by atoms with E-state index in [-0.39, 0.29) is 5.82 Å². The summed E-state index contributed by atoms with van der Waals surface area (Å²) in [6.07, 6.45) is 0.985. The van der Waals surface area contributed by atoms with E-state index in [2.05, 4.69) is 23.0 Å². The third kappa shape index (κ3) is 2.17. The largest absolute Gasteiger partial charge is 0.383 e. The van der Waals surface area contributed by atoms with Crippen LogP contribution in [0, 0.1) is 5.82 Å². The molecule has 3 aromatic rings. The zero-order chi connectivity index (χ0) is 13.4. The van der Waals surface area contributed by atoms with Crippen molar-refractivity contribution >= 4 is 28.1 Å². The molecule has 5 heteroatoms. The van der Waals surface area contributed by atoms with Crippen LogP contribution in [-0.4, -0.2) is 9.97 Å². The maximum Gasteiger partial charge on any atom is 0.172 e. The number of rotatable bonds is 2. The van der Waals surface area contributed by atoms with Gasteiger partial charge < -0.3 is 5.73 Å². The highest BCUT2D eigenvalue weighted by molar-refractivity contribution is 7.15. The van der Waals surface area contributed by atoms with Crippen molar-refractivity contribution in [3.05, 3.63) is 41.0 Å². The van der Waals surface area contributed by atoms with Crippen LogP contribution in [0.15, 0.2) is 30.3 Å². The molecule has 0 aliphatic carbocycles. The van der Waals surface area contributed by atoms with Gasteiger partial charge in [-0.15, -0.1) is 11.3 Å². The van der Waals surface area contributed by atoms with Crippen molar-refractivity contribution in [1.82, 2.24) is 9.97 Å². The predicted octanol–water partition coefficient (Wildman–Crippen LogP) is 3.64. The molecule has 0 saturated carbocycles. The highest BCUT2D eigenvalue weighted by atomic mass is 32.1. The Morgan fingerprint density at radius 2 is 2.05 bits per heavy atom. The van der Waals surface area contributed by atoms with Gasteiger partial charge in [-0.3, -0.25) is 0 Å². The Bertz CT molecular complexity index is 752. The predicted molar refractivity (Wildman–Crippen MR) is 76.6 cm³/mol. The van der Waals surface area contributed by atoms with E-state index in [1.165, 1.54) is 17.0 Å². The van der Waals surface area contributed by atoms with Crippen LogP contribution in [0.2, 0.25) is 0 Å². The van der Waals surface area contributed by atoms with E-state index in [0.717, 1.165) is 11.3 Å². The van der Waals surface area contributed by atoms with Gasteiger partial charge in [0.1, 0.15) is 11.6 Å². The number of nitrogens with two attached hydrogens (primary N) is 1.